The monoisotopic (exact) mass is 228 g/mol. The number of hydrogen-bond acceptors (Lipinski definition) is 2. The molecule has 2 N–H and O–H groups in total. The summed E-state index contributed by atoms with van der Waals surface area (Å²) in [5.41, 5.74) is -1.17. The van der Waals surface area contributed by atoms with Gasteiger partial charge in [0, 0.05) is 12.6 Å². The lowest BCUT2D eigenvalue weighted by molar-refractivity contribution is -0.143. The molecule has 0 aromatic rings. The molecule has 1 aliphatic rings. The van der Waals surface area contributed by atoms with Crippen LogP contribution in [0.5, 0.6) is 0 Å². The summed E-state index contributed by atoms with van der Waals surface area (Å²) in [5.74, 6) is -0.991. The van der Waals surface area contributed by atoms with Crippen LogP contribution in [0, 0.1) is 0 Å². The van der Waals surface area contributed by atoms with Gasteiger partial charge in [0.2, 0.25) is 0 Å². The Morgan fingerprint density at radius 2 is 2.19 bits per heavy atom. The smallest absolute Gasteiger partial charge is 0.329 e. The molecule has 0 radical (unpaired) electrons. The maximum Gasteiger partial charge on any atom is 0.329 e. The molecular weight excluding hydrogens is 208 g/mol. The number of carbonyl (C=O) groups excluding carboxylic acids is 1. The molecule has 0 saturated carbocycles. The van der Waals surface area contributed by atoms with E-state index in [0.717, 1.165) is 12.8 Å². The molecule has 16 heavy (non-hydrogen) atoms. The zero-order valence-corrected chi connectivity index (χ0v) is 10.1. The molecule has 1 saturated heterocycles. The molecule has 0 spiro atoms. The highest BCUT2D eigenvalue weighted by Gasteiger charge is 2.36. The first-order chi connectivity index (χ1) is 7.40. The van der Waals surface area contributed by atoms with Crippen LogP contribution in [0.3, 0.4) is 0 Å². The van der Waals surface area contributed by atoms with E-state index in [1.807, 2.05) is 6.92 Å². The molecule has 5 heteroatoms. The van der Waals surface area contributed by atoms with Crippen LogP contribution in [0.1, 0.15) is 40.0 Å². The van der Waals surface area contributed by atoms with E-state index in [4.69, 9.17) is 5.11 Å². The number of carboxylic acid groups (broad SMARTS) is 1. The molecule has 2 unspecified atom stereocenters. The van der Waals surface area contributed by atoms with E-state index in [2.05, 4.69) is 5.32 Å². The topological polar surface area (TPSA) is 69.6 Å². The van der Waals surface area contributed by atoms with Crippen molar-refractivity contribution in [2.24, 2.45) is 0 Å². The summed E-state index contributed by atoms with van der Waals surface area (Å²) < 4.78 is 0. The van der Waals surface area contributed by atoms with Gasteiger partial charge >= 0.3 is 12.0 Å². The number of likely N-dealkylation sites (tertiary alicyclic amines) is 1. The molecule has 5 nitrogen and oxygen atoms in total. The summed E-state index contributed by atoms with van der Waals surface area (Å²) in [6.45, 7) is 5.98. The highest BCUT2D eigenvalue weighted by Crippen LogP contribution is 2.18. The average molecular weight is 228 g/mol. The number of aliphatic carboxylic acids is 1. The molecule has 92 valence electrons. The van der Waals surface area contributed by atoms with E-state index in [9.17, 15) is 9.59 Å². The number of nitrogens with one attached hydrogen (secondary N) is 1. The van der Waals surface area contributed by atoms with Crippen LogP contribution in [0.2, 0.25) is 0 Å². The van der Waals surface area contributed by atoms with E-state index >= 15 is 0 Å². The summed E-state index contributed by atoms with van der Waals surface area (Å²) >= 11 is 0. The predicted octanol–water partition coefficient (Wildman–Crippen LogP) is 1.43. The third-order valence-electron chi connectivity index (χ3n) is 3.38. The van der Waals surface area contributed by atoms with Crippen molar-refractivity contribution in [2.75, 3.05) is 6.54 Å². The fraction of sp³-hybridized carbons (Fsp3) is 0.818. The van der Waals surface area contributed by atoms with Gasteiger partial charge in [0.05, 0.1) is 0 Å². The number of nitrogens with zero attached hydrogens (tertiary/aromatic N) is 1. The quantitative estimate of drug-likeness (QED) is 0.767. The summed E-state index contributed by atoms with van der Waals surface area (Å²) in [6.07, 6.45) is 2.35. The summed E-state index contributed by atoms with van der Waals surface area (Å²) in [6, 6.07) is -0.0633. The van der Waals surface area contributed by atoms with Crippen molar-refractivity contribution < 1.29 is 14.7 Å². The standard InChI is InChI=1S/C11H20N2O3/c1-4-11(3,9(14)15)12-10(16)13-7-5-6-8(13)2/h8H,4-7H2,1-3H3,(H,12,16)(H,14,15). The van der Waals surface area contributed by atoms with Gasteiger partial charge in [-0.25, -0.2) is 9.59 Å². The van der Waals surface area contributed by atoms with Gasteiger partial charge < -0.3 is 15.3 Å². The third kappa shape index (κ3) is 2.46. The van der Waals surface area contributed by atoms with Crippen LogP contribution < -0.4 is 5.32 Å². The Morgan fingerprint density at radius 1 is 1.56 bits per heavy atom. The lowest BCUT2D eigenvalue weighted by atomic mass is 10.00. The van der Waals surface area contributed by atoms with Crippen molar-refractivity contribution in [2.45, 2.75) is 51.6 Å². The van der Waals surface area contributed by atoms with E-state index in [0.29, 0.717) is 13.0 Å². The van der Waals surface area contributed by atoms with Crippen LogP contribution in [-0.2, 0) is 4.79 Å². The van der Waals surface area contributed by atoms with Crippen LogP contribution >= 0.6 is 0 Å². The van der Waals surface area contributed by atoms with Crippen LogP contribution in [0.15, 0.2) is 0 Å². The van der Waals surface area contributed by atoms with Gasteiger partial charge in [0.1, 0.15) is 5.54 Å². The normalized spacial score (nSPS) is 23.9. The van der Waals surface area contributed by atoms with Crippen molar-refractivity contribution >= 4 is 12.0 Å². The maximum absolute atomic E-state index is 11.9. The fourth-order valence-electron chi connectivity index (χ4n) is 1.84. The molecule has 1 heterocycles. The van der Waals surface area contributed by atoms with E-state index in [1.165, 1.54) is 6.92 Å². The van der Waals surface area contributed by atoms with Gasteiger partial charge in [-0.05, 0) is 33.1 Å². The van der Waals surface area contributed by atoms with E-state index < -0.39 is 11.5 Å². The molecule has 2 atom stereocenters. The van der Waals surface area contributed by atoms with Gasteiger partial charge in [-0.3, -0.25) is 0 Å². The van der Waals surface area contributed by atoms with Gasteiger partial charge in [0.15, 0.2) is 0 Å². The largest absolute Gasteiger partial charge is 0.480 e. The Hall–Kier alpha value is -1.26. The molecule has 0 aromatic heterocycles. The molecular formula is C11H20N2O3. The lowest BCUT2D eigenvalue weighted by Gasteiger charge is -2.29. The van der Waals surface area contributed by atoms with Crippen molar-refractivity contribution in [1.82, 2.24) is 10.2 Å². The minimum atomic E-state index is -1.17. The summed E-state index contributed by atoms with van der Waals surface area (Å²) in [4.78, 5) is 24.6. The number of urea groups is 1. The van der Waals surface area contributed by atoms with Crippen LogP contribution in [0.25, 0.3) is 0 Å². The van der Waals surface area contributed by atoms with Crippen molar-refractivity contribution in [3.05, 3.63) is 0 Å². The Balaban J connectivity index is 2.65. The number of rotatable bonds is 3. The van der Waals surface area contributed by atoms with Gasteiger partial charge in [0.25, 0.3) is 0 Å². The van der Waals surface area contributed by atoms with Crippen molar-refractivity contribution in [3.8, 4) is 0 Å². The zero-order chi connectivity index (χ0) is 12.3. The van der Waals surface area contributed by atoms with Gasteiger partial charge in [-0.15, -0.1) is 0 Å². The lowest BCUT2D eigenvalue weighted by Crippen LogP contribution is -2.56. The molecule has 1 aliphatic heterocycles. The van der Waals surface area contributed by atoms with E-state index in [1.54, 1.807) is 11.8 Å². The minimum Gasteiger partial charge on any atom is -0.480 e. The Bertz CT molecular complexity index is 293. The first-order valence-corrected chi connectivity index (χ1v) is 5.73. The highest BCUT2D eigenvalue weighted by molar-refractivity contribution is 5.86. The second kappa shape index (κ2) is 4.72. The number of hydrogen-bond donors (Lipinski definition) is 2. The number of amides is 2. The maximum atomic E-state index is 11.9. The fourth-order valence-corrected chi connectivity index (χ4v) is 1.84. The molecule has 1 fully saturated rings. The molecule has 0 bridgehead atoms. The average Bonchev–Trinajstić information content (AvgIpc) is 2.64. The molecule has 1 rings (SSSR count). The Kier molecular flexibility index (Phi) is 3.78. The summed E-state index contributed by atoms with van der Waals surface area (Å²) in [7, 11) is 0. The number of carbonyl (C=O) groups is 2. The SMILES string of the molecule is CCC(C)(NC(=O)N1CCCC1C)C(=O)O. The molecule has 0 aliphatic carbocycles. The Morgan fingerprint density at radius 3 is 2.56 bits per heavy atom. The van der Waals surface area contributed by atoms with Gasteiger partial charge in [-0.2, -0.15) is 0 Å². The zero-order valence-electron chi connectivity index (χ0n) is 10.1. The summed E-state index contributed by atoms with van der Waals surface area (Å²) in [5, 5.41) is 11.7. The number of carboxylic acids is 1. The first kappa shape index (κ1) is 12.8. The van der Waals surface area contributed by atoms with E-state index in [-0.39, 0.29) is 12.1 Å². The van der Waals surface area contributed by atoms with Crippen molar-refractivity contribution in [3.63, 3.8) is 0 Å². The van der Waals surface area contributed by atoms with Crippen molar-refractivity contribution in [1.29, 1.82) is 0 Å². The highest BCUT2D eigenvalue weighted by atomic mass is 16.4. The van der Waals surface area contributed by atoms with Crippen LogP contribution in [-0.4, -0.2) is 40.1 Å². The second-order valence-electron chi connectivity index (χ2n) is 4.61. The third-order valence-corrected chi connectivity index (χ3v) is 3.38. The van der Waals surface area contributed by atoms with Gasteiger partial charge in [-0.1, -0.05) is 6.92 Å². The first-order valence-electron chi connectivity index (χ1n) is 5.73. The predicted molar refractivity (Wildman–Crippen MR) is 60.3 cm³/mol. The molecule has 0 aromatic carbocycles. The second-order valence-corrected chi connectivity index (χ2v) is 4.61. The van der Waals surface area contributed by atoms with Crippen LogP contribution in [0.4, 0.5) is 4.79 Å². The Labute approximate surface area is 95.8 Å². The minimum absolute atomic E-state index is 0.204. The molecule has 2 amide bonds.